The van der Waals surface area contributed by atoms with Crippen molar-refractivity contribution in [2.45, 2.75) is 19.5 Å². The smallest absolute Gasteiger partial charge is 0.261 e. The topological polar surface area (TPSA) is 72.9 Å². The van der Waals surface area contributed by atoms with Crippen LogP contribution in [0, 0.1) is 5.82 Å². The lowest BCUT2D eigenvalue weighted by Gasteiger charge is -2.18. The molecule has 124 valence electrons. The Balaban J connectivity index is 1.85. The van der Waals surface area contributed by atoms with Gasteiger partial charge < -0.3 is 11.1 Å². The van der Waals surface area contributed by atoms with Gasteiger partial charge in [0.2, 0.25) is 0 Å². The zero-order valence-corrected chi connectivity index (χ0v) is 13.9. The second kappa shape index (κ2) is 6.94. The van der Waals surface area contributed by atoms with Crippen LogP contribution in [0.1, 0.15) is 33.1 Å². The minimum absolute atomic E-state index is 0.206. The molecule has 24 heavy (non-hydrogen) atoms. The van der Waals surface area contributed by atoms with Gasteiger partial charge in [-0.05, 0) is 43.3 Å². The molecule has 2 aromatic heterocycles. The monoisotopic (exact) mass is 344 g/mol. The molecule has 3 N–H and O–H groups in total. The zero-order valence-electron chi connectivity index (χ0n) is 13.1. The molecule has 2 heterocycles. The molecule has 5 nitrogen and oxygen atoms in total. The van der Waals surface area contributed by atoms with Gasteiger partial charge in [-0.2, -0.15) is 5.10 Å². The number of carbonyl (C=O) groups excluding carboxylic acids is 1. The lowest BCUT2D eigenvalue weighted by Crippen LogP contribution is -2.27. The average molecular weight is 344 g/mol. The van der Waals surface area contributed by atoms with Crippen LogP contribution in [-0.4, -0.2) is 15.7 Å². The molecule has 1 unspecified atom stereocenters. The fourth-order valence-electron chi connectivity index (χ4n) is 2.45. The standard InChI is InChI=1S/C17H17FN4OS/c1-11(21-17(23)16-6-4-13(10-19)24-16)14-9-12(18)3-5-15(14)22-8-2-7-20-22/h2-9,11H,10,19H2,1H3,(H,21,23). The number of carbonyl (C=O) groups is 1. The second-order valence-electron chi connectivity index (χ2n) is 5.32. The molecule has 0 aliphatic rings. The van der Waals surface area contributed by atoms with Crippen LogP contribution in [-0.2, 0) is 6.54 Å². The van der Waals surface area contributed by atoms with Gasteiger partial charge >= 0.3 is 0 Å². The molecule has 0 saturated heterocycles. The maximum Gasteiger partial charge on any atom is 0.261 e. The summed E-state index contributed by atoms with van der Waals surface area (Å²) >= 11 is 1.35. The van der Waals surface area contributed by atoms with Crippen molar-refractivity contribution in [2.75, 3.05) is 0 Å². The van der Waals surface area contributed by atoms with Gasteiger partial charge in [0.05, 0.1) is 16.6 Å². The van der Waals surface area contributed by atoms with E-state index in [0.29, 0.717) is 17.0 Å². The Morgan fingerprint density at radius 1 is 1.42 bits per heavy atom. The van der Waals surface area contributed by atoms with Gasteiger partial charge in [0.15, 0.2) is 0 Å². The summed E-state index contributed by atoms with van der Waals surface area (Å²) in [6, 6.07) is 9.44. The molecule has 3 rings (SSSR count). The molecule has 0 spiro atoms. The van der Waals surface area contributed by atoms with Crippen LogP contribution >= 0.6 is 11.3 Å². The highest BCUT2D eigenvalue weighted by molar-refractivity contribution is 7.14. The highest BCUT2D eigenvalue weighted by Gasteiger charge is 2.17. The van der Waals surface area contributed by atoms with Gasteiger partial charge in [0, 0.05) is 29.4 Å². The number of benzene rings is 1. The summed E-state index contributed by atoms with van der Waals surface area (Å²) in [6.07, 6.45) is 3.43. The summed E-state index contributed by atoms with van der Waals surface area (Å²) in [5.41, 5.74) is 6.95. The summed E-state index contributed by atoms with van der Waals surface area (Å²) in [7, 11) is 0. The molecule has 1 amide bonds. The van der Waals surface area contributed by atoms with E-state index in [1.54, 1.807) is 35.3 Å². The molecule has 1 aromatic carbocycles. The molecule has 0 bridgehead atoms. The molecule has 1 atom stereocenters. The van der Waals surface area contributed by atoms with Crippen molar-refractivity contribution < 1.29 is 9.18 Å². The van der Waals surface area contributed by atoms with Crippen molar-refractivity contribution in [1.29, 1.82) is 0 Å². The lowest BCUT2D eigenvalue weighted by molar-refractivity contribution is 0.0944. The maximum atomic E-state index is 13.7. The number of nitrogens with zero attached hydrogens (tertiary/aromatic N) is 2. The number of aromatic nitrogens is 2. The summed E-state index contributed by atoms with van der Waals surface area (Å²) in [6.45, 7) is 2.22. The summed E-state index contributed by atoms with van der Waals surface area (Å²) in [5, 5.41) is 7.08. The summed E-state index contributed by atoms with van der Waals surface area (Å²) < 4.78 is 15.4. The molecule has 0 aliphatic heterocycles. The molecule has 0 fully saturated rings. The molecule has 0 radical (unpaired) electrons. The number of hydrogen-bond acceptors (Lipinski definition) is 4. The van der Waals surface area contributed by atoms with Crippen molar-refractivity contribution >= 4 is 17.2 Å². The van der Waals surface area contributed by atoms with E-state index in [2.05, 4.69) is 10.4 Å². The van der Waals surface area contributed by atoms with Crippen molar-refractivity contribution in [2.24, 2.45) is 5.73 Å². The van der Waals surface area contributed by atoms with Crippen LogP contribution in [0.25, 0.3) is 5.69 Å². The minimum atomic E-state index is -0.379. The van der Waals surface area contributed by atoms with Crippen LogP contribution < -0.4 is 11.1 Å². The van der Waals surface area contributed by atoms with E-state index < -0.39 is 0 Å². The van der Waals surface area contributed by atoms with Crippen molar-refractivity contribution in [3.05, 3.63) is 69.9 Å². The SMILES string of the molecule is CC(NC(=O)c1ccc(CN)s1)c1cc(F)ccc1-n1cccn1. The fraction of sp³-hybridized carbons (Fsp3) is 0.176. The lowest BCUT2D eigenvalue weighted by atomic mass is 10.1. The van der Waals surface area contributed by atoms with E-state index in [9.17, 15) is 9.18 Å². The van der Waals surface area contributed by atoms with Crippen molar-refractivity contribution in [3.63, 3.8) is 0 Å². The molecular formula is C17H17FN4OS. The van der Waals surface area contributed by atoms with Gasteiger partial charge in [0.25, 0.3) is 5.91 Å². The van der Waals surface area contributed by atoms with E-state index >= 15 is 0 Å². The quantitative estimate of drug-likeness (QED) is 0.747. The summed E-state index contributed by atoms with van der Waals surface area (Å²) in [5.74, 6) is -0.563. The maximum absolute atomic E-state index is 13.7. The number of nitrogens with one attached hydrogen (secondary N) is 1. The number of hydrogen-bond donors (Lipinski definition) is 2. The molecular weight excluding hydrogens is 327 g/mol. The van der Waals surface area contributed by atoms with Gasteiger partial charge in [-0.3, -0.25) is 4.79 Å². The third-order valence-corrected chi connectivity index (χ3v) is 4.75. The van der Waals surface area contributed by atoms with Crippen LogP contribution in [0.4, 0.5) is 4.39 Å². The Morgan fingerprint density at radius 2 is 2.25 bits per heavy atom. The average Bonchev–Trinajstić information content (AvgIpc) is 3.26. The van der Waals surface area contributed by atoms with Crippen molar-refractivity contribution in [1.82, 2.24) is 15.1 Å². The largest absolute Gasteiger partial charge is 0.345 e. The number of thiophene rings is 1. The third-order valence-electron chi connectivity index (χ3n) is 3.64. The Bertz CT molecular complexity index is 844. The van der Waals surface area contributed by atoms with Crippen LogP contribution in [0.5, 0.6) is 0 Å². The number of amides is 1. The van der Waals surface area contributed by atoms with E-state index in [1.807, 2.05) is 13.0 Å². The Morgan fingerprint density at radius 3 is 2.92 bits per heavy atom. The van der Waals surface area contributed by atoms with Crippen LogP contribution in [0.3, 0.4) is 0 Å². The third kappa shape index (κ3) is 3.37. The predicted molar refractivity (Wildman–Crippen MR) is 91.6 cm³/mol. The normalized spacial score (nSPS) is 12.1. The Hall–Kier alpha value is -2.51. The van der Waals surface area contributed by atoms with Gasteiger partial charge in [-0.15, -0.1) is 11.3 Å². The number of rotatable bonds is 5. The first-order valence-electron chi connectivity index (χ1n) is 7.47. The van der Waals surface area contributed by atoms with Crippen molar-refractivity contribution in [3.8, 4) is 5.69 Å². The predicted octanol–water partition coefficient (Wildman–Crippen LogP) is 3.02. The van der Waals surface area contributed by atoms with E-state index in [4.69, 9.17) is 5.73 Å². The number of halogens is 1. The second-order valence-corrected chi connectivity index (χ2v) is 6.49. The molecule has 7 heteroatoms. The van der Waals surface area contributed by atoms with Gasteiger partial charge in [-0.1, -0.05) is 0 Å². The Labute approximate surface area is 142 Å². The molecule has 0 saturated carbocycles. The first-order chi connectivity index (χ1) is 11.6. The highest BCUT2D eigenvalue weighted by Crippen LogP contribution is 2.24. The highest BCUT2D eigenvalue weighted by atomic mass is 32.1. The molecule has 0 aliphatic carbocycles. The fourth-order valence-corrected chi connectivity index (χ4v) is 3.24. The van der Waals surface area contributed by atoms with Crippen LogP contribution in [0.15, 0.2) is 48.8 Å². The number of nitrogens with two attached hydrogens (primary N) is 1. The first-order valence-corrected chi connectivity index (χ1v) is 8.29. The van der Waals surface area contributed by atoms with E-state index in [0.717, 1.165) is 10.6 Å². The molecule has 3 aromatic rings. The summed E-state index contributed by atoms with van der Waals surface area (Å²) in [4.78, 5) is 13.9. The van der Waals surface area contributed by atoms with Crippen LogP contribution in [0.2, 0.25) is 0 Å². The first kappa shape index (κ1) is 16.4. The van der Waals surface area contributed by atoms with Gasteiger partial charge in [0.1, 0.15) is 5.82 Å². The van der Waals surface area contributed by atoms with Gasteiger partial charge in [-0.25, -0.2) is 9.07 Å². The van der Waals surface area contributed by atoms with E-state index in [1.165, 1.54) is 23.5 Å². The van der Waals surface area contributed by atoms with E-state index in [-0.39, 0.29) is 17.8 Å². The zero-order chi connectivity index (χ0) is 17.1. The Kier molecular flexibility index (Phi) is 4.73. The minimum Gasteiger partial charge on any atom is -0.345 e.